The highest BCUT2D eigenvalue weighted by atomic mass is 16.5. The number of aryl methyl sites for hydroxylation is 2. The van der Waals surface area contributed by atoms with E-state index in [2.05, 4.69) is 24.3 Å². The molecule has 108 valence electrons. The molecule has 1 atom stereocenters. The Kier molecular flexibility index (Phi) is 2.96. The molecule has 0 N–H and O–H groups in total. The van der Waals surface area contributed by atoms with Crippen molar-refractivity contribution in [2.45, 2.75) is 25.9 Å². The van der Waals surface area contributed by atoms with Crippen LogP contribution >= 0.6 is 0 Å². The first kappa shape index (κ1) is 12.8. The van der Waals surface area contributed by atoms with Gasteiger partial charge in [-0.1, -0.05) is 24.3 Å². The maximum Gasteiger partial charge on any atom is 0.254 e. The minimum Gasteiger partial charge on any atom is -0.375 e. The van der Waals surface area contributed by atoms with Crippen LogP contribution in [0.4, 0.5) is 0 Å². The van der Waals surface area contributed by atoms with E-state index >= 15 is 0 Å². The lowest BCUT2D eigenvalue weighted by Crippen LogP contribution is -2.44. The predicted molar refractivity (Wildman–Crippen MR) is 82.7 cm³/mol. The van der Waals surface area contributed by atoms with E-state index in [0.717, 1.165) is 23.8 Å². The highest BCUT2D eigenvalue weighted by molar-refractivity contribution is 6.09. The Morgan fingerprint density at radius 3 is 2.81 bits per heavy atom. The summed E-state index contributed by atoms with van der Waals surface area (Å²) in [5, 5.41) is 2.43. The Balaban J connectivity index is 1.79. The van der Waals surface area contributed by atoms with Crippen molar-refractivity contribution in [2.75, 3.05) is 19.7 Å². The largest absolute Gasteiger partial charge is 0.375 e. The average molecular weight is 281 g/mol. The Bertz CT molecular complexity index is 712. The van der Waals surface area contributed by atoms with Crippen LogP contribution in [0.5, 0.6) is 0 Å². The van der Waals surface area contributed by atoms with E-state index in [1.165, 1.54) is 16.5 Å². The molecule has 1 heterocycles. The predicted octanol–water partition coefficient (Wildman–Crippen LogP) is 2.80. The molecule has 1 aliphatic heterocycles. The van der Waals surface area contributed by atoms with Gasteiger partial charge in [0.25, 0.3) is 5.91 Å². The summed E-state index contributed by atoms with van der Waals surface area (Å²) >= 11 is 0. The molecule has 1 aliphatic carbocycles. The Hall–Kier alpha value is -1.87. The fourth-order valence-electron chi connectivity index (χ4n) is 3.61. The second-order valence-corrected chi connectivity index (χ2v) is 6.04. The van der Waals surface area contributed by atoms with E-state index < -0.39 is 0 Å². The van der Waals surface area contributed by atoms with Gasteiger partial charge in [0.1, 0.15) is 0 Å². The van der Waals surface area contributed by atoms with Crippen molar-refractivity contribution < 1.29 is 9.53 Å². The number of nitrogens with zero attached hydrogens (tertiary/aromatic N) is 1. The summed E-state index contributed by atoms with van der Waals surface area (Å²) in [6, 6.07) is 10.5. The molecular formula is C18H19NO2. The van der Waals surface area contributed by atoms with Crippen LogP contribution in [0.1, 0.15) is 28.4 Å². The van der Waals surface area contributed by atoms with Gasteiger partial charge in [-0.2, -0.15) is 0 Å². The van der Waals surface area contributed by atoms with Crippen molar-refractivity contribution in [3.05, 3.63) is 47.0 Å². The maximum atomic E-state index is 12.9. The van der Waals surface area contributed by atoms with Crippen molar-refractivity contribution in [2.24, 2.45) is 0 Å². The standard InChI is InChI=1S/C18H19NO2/c1-12-11-19(9-10-21-12)18(20)16-8-7-14-6-5-13-3-2-4-15(16)17(13)14/h2-4,7-8,12H,5-6,9-11H2,1H3. The van der Waals surface area contributed by atoms with Crippen molar-refractivity contribution in [1.29, 1.82) is 0 Å². The number of carbonyl (C=O) groups excluding carboxylic acids is 1. The lowest BCUT2D eigenvalue weighted by Gasteiger charge is -2.31. The average Bonchev–Trinajstić information content (AvgIpc) is 2.92. The molecule has 2 aromatic rings. The molecular weight excluding hydrogens is 262 g/mol. The summed E-state index contributed by atoms with van der Waals surface area (Å²) in [6.45, 7) is 4.02. The number of hydrogen-bond acceptors (Lipinski definition) is 2. The van der Waals surface area contributed by atoms with Crippen LogP contribution in [0.3, 0.4) is 0 Å². The summed E-state index contributed by atoms with van der Waals surface area (Å²) in [5.41, 5.74) is 3.60. The molecule has 0 bridgehead atoms. The van der Waals surface area contributed by atoms with Gasteiger partial charge >= 0.3 is 0 Å². The Labute approximate surface area is 124 Å². The van der Waals surface area contributed by atoms with Gasteiger partial charge in [-0.15, -0.1) is 0 Å². The highest BCUT2D eigenvalue weighted by Crippen LogP contribution is 2.33. The number of amides is 1. The molecule has 1 saturated heterocycles. The van der Waals surface area contributed by atoms with Crippen LogP contribution in [-0.4, -0.2) is 36.6 Å². The first-order valence-corrected chi connectivity index (χ1v) is 7.68. The number of hydrogen-bond donors (Lipinski definition) is 0. The maximum absolute atomic E-state index is 12.9. The molecule has 3 heteroatoms. The van der Waals surface area contributed by atoms with Gasteiger partial charge in [-0.05, 0) is 47.7 Å². The summed E-state index contributed by atoms with van der Waals surface area (Å²) in [7, 11) is 0. The first-order valence-electron chi connectivity index (χ1n) is 7.68. The topological polar surface area (TPSA) is 29.5 Å². The SMILES string of the molecule is CC1CN(C(=O)c2ccc3c4c(cccc24)CC3)CCO1. The number of ether oxygens (including phenoxy) is 1. The number of carbonyl (C=O) groups is 1. The van der Waals surface area contributed by atoms with E-state index in [0.29, 0.717) is 19.7 Å². The summed E-state index contributed by atoms with van der Waals surface area (Å²) in [4.78, 5) is 14.8. The van der Waals surface area contributed by atoms with Crippen LogP contribution in [0.2, 0.25) is 0 Å². The van der Waals surface area contributed by atoms with Crippen molar-refractivity contribution in [3.8, 4) is 0 Å². The van der Waals surface area contributed by atoms with Gasteiger partial charge in [0, 0.05) is 18.7 Å². The fraction of sp³-hybridized carbons (Fsp3) is 0.389. The first-order chi connectivity index (χ1) is 10.2. The molecule has 0 radical (unpaired) electrons. The highest BCUT2D eigenvalue weighted by Gasteiger charge is 2.25. The van der Waals surface area contributed by atoms with Crippen molar-refractivity contribution in [3.63, 3.8) is 0 Å². The van der Waals surface area contributed by atoms with Crippen LogP contribution in [0.15, 0.2) is 30.3 Å². The number of rotatable bonds is 1. The second-order valence-electron chi connectivity index (χ2n) is 6.04. The second kappa shape index (κ2) is 4.85. The molecule has 1 amide bonds. The molecule has 21 heavy (non-hydrogen) atoms. The van der Waals surface area contributed by atoms with Gasteiger partial charge in [-0.25, -0.2) is 0 Å². The third-order valence-electron chi connectivity index (χ3n) is 4.64. The third-order valence-corrected chi connectivity index (χ3v) is 4.64. The Morgan fingerprint density at radius 1 is 1.19 bits per heavy atom. The third kappa shape index (κ3) is 2.04. The number of morpholine rings is 1. The van der Waals surface area contributed by atoms with E-state index in [1.807, 2.05) is 17.9 Å². The molecule has 2 aliphatic rings. The minimum absolute atomic E-state index is 0.125. The smallest absolute Gasteiger partial charge is 0.254 e. The zero-order valence-corrected chi connectivity index (χ0v) is 12.3. The number of benzene rings is 2. The monoisotopic (exact) mass is 281 g/mol. The van der Waals surface area contributed by atoms with Crippen molar-refractivity contribution in [1.82, 2.24) is 4.90 Å². The van der Waals surface area contributed by atoms with Gasteiger partial charge in [0.05, 0.1) is 12.7 Å². The minimum atomic E-state index is 0.125. The van der Waals surface area contributed by atoms with Crippen LogP contribution in [0.25, 0.3) is 10.8 Å². The quantitative estimate of drug-likeness (QED) is 0.804. The normalized spacial score (nSPS) is 21.0. The molecule has 0 spiro atoms. The molecule has 0 aromatic heterocycles. The van der Waals surface area contributed by atoms with E-state index in [1.54, 1.807) is 0 Å². The van der Waals surface area contributed by atoms with Gasteiger partial charge < -0.3 is 9.64 Å². The van der Waals surface area contributed by atoms with E-state index in [4.69, 9.17) is 4.74 Å². The summed E-state index contributed by atoms with van der Waals surface area (Å²) < 4.78 is 5.54. The summed E-state index contributed by atoms with van der Waals surface area (Å²) in [6.07, 6.45) is 2.32. The van der Waals surface area contributed by atoms with Crippen LogP contribution in [0, 0.1) is 0 Å². The lowest BCUT2D eigenvalue weighted by molar-refractivity contribution is -0.0123. The van der Waals surface area contributed by atoms with E-state index in [9.17, 15) is 4.79 Å². The zero-order chi connectivity index (χ0) is 14.4. The lowest BCUT2D eigenvalue weighted by atomic mass is 9.99. The molecule has 3 nitrogen and oxygen atoms in total. The molecule has 2 aromatic carbocycles. The molecule has 0 saturated carbocycles. The Morgan fingerprint density at radius 2 is 2.00 bits per heavy atom. The van der Waals surface area contributed by atoms with Gasteiger partial charge in [0.2, 0.25) is 0 Å². The van der Waals surface area contributed by atoms with E-state index in [-0.39, 0.29) is 12.0 Å². The molecule has 1 unspecified atom stereocenters. The zero-order valence-electron chi connectivity index (χ0n) is 12.3. The van der Waals surface area contributed by atoms with Crippen LogP contribution < -0.4 is 0 Å². The summed E-state index contributed by atoms with van der Waals surface area (Å²) in [5.74, 6) is 0.140. The molecule has 4 rings (SSSR count). The van der Waals surface area contributed by atoms with Gasteiger partial charge in [-0.3, -0.25) is 4.79 Å². The van der Waals surface area contributed by atoms with Crippen LogP contribution in [-0.2, 0) is 17.6 Å². The molecule has 1 fully saturated rings. The van der Waals surface area contributed by atoms with Gasteiger partial charge in [0.15, 0.2) is 0 Å². The fourth-order valence-corrected chi connectivity index (χ4v) is 3.61. The van der Waals surface area contributed by atoms with Crippen molar-refractivity contribution >= 4 is 16.7 Å².